The number of carbonyl (C=O) groups is 1. The van der Waals surface area contributed by atoms with E-state index in [1.807, 2.05) is 0 Å². The summed E-state index contributed by atoms with van der Waals surface area (Å²) < 4.78 is 58.3. The normalized spacial score (nSPS) is 22.2. The average molecular weight is 504 g/mol. The van der Waals surface area contributed by atoms with Crippen LogP contribution in [-0.4, -0.2) is 55.6 Å². The van der Waals surface area contributed by atoms with Crippen LogP contribution < -0.4 is 10.9 Å². The highest BCUT2D eigenvalue weighted by Gasteiger charge is 2.46. The summed E-state index contributed by atoms with van der Waals surface area (Å²) >= 11 is 0. The summed E-state index contributed by atoms with van der Waals surface area (Å²) in [5.41, 5.74) is 0.334. The van der Waals surface area contributed by atoms with Crippen molar-refractivity contribution in [2.24, 2.45) is 0 Å². The van der Waals surface area contributed by atoms with Crippen molar-refractivity contribution >= 4 is 11.9 Å². The summed E-state index contributed by atoms with van der Waals surface area (Å²) in [7, 11) is 0. The molecular formula is C24H24F4N6O2. The van der Waals surface area contributed by atoms with Gasteiger partial charge in [0, 0.05) is 44.3 Å². The summed E-state index contributed by atoms with van der Waals surface area (Å²) in [5, 5.41) is 6.96. The second-order valence-corrected chi connectivity index (χ2v) is 9.26. The molecule has 2 aliphatic rings. The maximum absolute atomic E-state index is 14.7. The number of halogens is 4. The van der Waals surface area contributed by atoms with Gasteiger partial charge < -0.3 is 4.98 Å². The van der Waals surface area contributed by atoms with Crippen LogP contribution in [0.1, 0.15) is 48.7 Å². The van der Waals surface area contributed by atoms with Gasteiger partial charge in [0.15, 0.2) is 0 Å². The van der Waals surface area contributed by atoms with Crippen molar-refractivity contribution in [3.63, 3.8) is 0 Å². The van der Waals surface area contributed by atoms with Gasteiger partial charge >= 0.3 is 0 Å². The number of anilines is 1. The van der Waals surface area contributed by atoms with Gasteiger partial charge in [-0.05, 0) is 36.6 Å². The van der Waals surface area contributed by atoms with Crippen LogP contribution in [0.5, 0.6) is 0 Å². The SMILES string of the molecule is C[C@@H](C(=O)Nc1nc2n(n1)[C@H](c1cc(F)cc(F)c1)CC2)N1CCC(F)(F)[C@@H](c2ccc(=O)[nH]c2)C1. The van der Waals surface area contributed by atoms with E-state index >= 15 is 0 Å². The smallest absolute Gasteiger partial charge is 0.257 e. The predicted octanol–water partition coefficient (Wildman–Crippen LogP) is 3.23. The number of hydrogen-bond acceptors (Lipinski definition) is 5. The molecule has 1 amide bonds. The Balaban J connectivity index is 1.29. The van der Waals surface area contributed by atoms with Crippen molar-refractivity contribution in [1.29, 1.82) is 0 Å². The second-order valence-electron chi connectivity index (χ2n) is 9.26. The first kappa shape index (κ1) is 24.2. The zero-order valence-electron chi connectivity index (χ0n) is 19.3. The van der Waals surface area contributed by atoms with Crippen molar-refractivity contribution in [2.75, 3.05) is 18.4 Å². The Morgan fingerprint density at radius 1 is 1.19 bits per heavy atom. The molecule has 0 radical (unpaired) electrons. The summed E-state index contributed by atoms with van der Waals surface area (Å²) in [5.74, 6) is -5.38. The van der Waals surface area contributed by atoms with Crippen molar-refractivity contribution in [2.45, 2.75) is 50.1 Å². The first-order valence-corrected chi connectivity index (χ1v) is 11.6. The third-order valence-electron chi connectivity index (χ3n) is 6.94. The van der Waals surface area contributed by atoms with Crippen LogP contribution in [0.3, 0.4) is 0 Å². The van der Waals surface area contributed by atoms with E-state index in [0.717, 1.165) is 6.07 Å². The maximum Gasteiger partial charge on any atom is 0.257 e. The number of carbonyl (C=O) groups excluding carboxylic acids is 1. The molecule has 190 valence electrons. The van der Waals surface area contributed by atoms with E-state index in [1.54, 1.807) is 16.5 Å². The van der Waals surface area contributed by atoms with Crippen LogP contribution in [-0.2, 0) is 11.2 Å². The molecule has 3 atom stereocenters. The van der Waals surface area contributed by atoms with Gasteiger partial charge in [-0.25, -0.2) is 22.2 Å². The van der Waals surface area contributed by atoms with Crippen molar-refractivity contribution in [1.82, 2.24) is 24.6 Å². The van der Waals surface area contributed by atoms with E-state index < -0.39 is 47.9 Å². The number of amides is 1. The average Bonchev–Trinajstić information content (AvgIpc) is 3.39. The molecule has 5 rings (SSSR count). The predicted molar refractivity (Wildman–Crippen MR) is 122 cm³/mol. The van der Waals surface area contributed by atoms with Gasteiger partial charge in [0.2, 0.25) is 17.4 Å². The quantitative estimate of drug-likeness (QED) is 0.521. The number of nitrogens with one attached hydrogen (secondary N) is 2. The molecule has 2 N–H and O–H groups in total. The summed E-state index contributed by atoms with van der Waals surface area (Å²) in [6, 6.07) is 4.71. The maximum atomic E-state index is 14.7. The molecule has 4 heterocycles. The topological polar surface area (TPSA) is 95.9 Å². The fraction of sp³-hybridized carbons (Fsp3) is 0.417. The van der Waals surface area contributed by atoms with Crippen LogP contribution in [0.2, 0.25) is 0 Å². The molecule has 1 saturated heterocycles. The zero-order valence-corrected chi connectivity index (χ0v) is 19.3. The van der Waals surface area contributed by atoms with Gasteiger partial charge in [-0.3, -0.25) is 19.8 Å². The van der Waals surface area contributed by atoms with E-state index in [9.17, 15) is 27.2 Å². The van der Waals surface area contributed by atoms with Crippen LogP contribution >= 0.6 is 0 Å². The molecular weight excluding hydrogens is 480 g/mol. The highest BCUT2D eigenvalue weighted by atomic mass is 19.3. The zero-order chi connectivity index (χ0) is 25.6. The van der Waals surface area contributed by atoms with Crippen LogP contribution in [0.25, 0.3) is 0 Å². The minimum absolute atomic E-state index is 0.0156. The lowest BCUT2D eigenvalue weighted by Gasteiger charge is -2.40. The molecule has 0 saturated carbocycles. The monoisotopic (exact) mass is 504 g/mol. The highest BCUT2D eigenvalue weighted by Crippen LogP contribution is 2.40. The van der Waals surface area contributed by atoms with Crippen LogP contribution in [0.15, 0.2) is 41.3 Å². The number of benzene rings is 1. The minimum Gasteiger partial charge on any atom is -0.329 e. The Bertz CT molecular complexity index is 1320. The first-order valence-electron chi connectivity index (χ1n) is 11.6. The van der Waals surface area contributed by atoms with Crippen molar-refractivity contribution < 1.29 is 22.4 Å². The van der Waals surface area contributed by atoms with E-state index in [1.165, 1.54) is 30.5 Å². The molecule has 2 aliphatic heterocycles. The lowest BCUT2D eigenvalue weighted by molar-refractivity contribution is -0.125. The number of rotatable bonds is 5. The Labute approximate surface area is 203 Å². The van der Waals surface area contributed by atoms with Gasteiger partial charge in [0.25, 0.3) is 5.92 Å². The fourth-order valence-corrected chi connectivity index (χ4v) is 4.94. The van der Waals surface area contributed by atoms with Gasteiger partial charge in [-0.1, -0.05) is 6.07 Å². The number of alkyl halides is 2. The Hall–Kier alpha value is -3.54. The van der Waals surface area contributed by atoms with Crippen LogP contribution in [0.4, 0.5) is 23.5 Å². The molecule has 1 fully saturated rings. The van der Waals surface area contributed by atoms with Crippen molar-refractivity contribution in [3.05, 3.63) is 75.5 Å². The molecule has 1 aromatic carbocycles. The number of aromatic nitrogens is 4. The van der Waals surface area contributed by atoms with Crippen molar-refractivity contribution in [3.8, 4) is 0 Å². The molecule has 0 bridgehead atoms. The number of hydrogen-bond donors (Lipinski definition) is 2. The van der Waals surface area contributed by atoms with Gasteiger partial charge in [0.1, 0.15) is 17.5 Å². The molecule has 2 aromatic heterocycles. The lowest BCUT2D eigenvalue weighted by Crippen LogP contribution is -2.52. The van der Waals surface area contributed by atoms with Gasteiger partial charge in [-0.2, -0.15) is 4.98 Å². The number of fused-ring (bicyclic) bond motifs is 1. The minimum atomic E-state index is -2.98. The number of H-pyrrole nitrogens is 1. The summed E-state index contributed by atoms with van der Waals surface area (Å²) in [6.07, 6.45) is 1.93. The molecule has 3 aromatic rings. The number of nitrogens with zero attached hydrogens (tertiary/aromatic N) is 4. The summed E-state index contributed by atoms with van der Waals surface area (Å²) in [4.78, 5) is 32.7. The Kier molecular flexibility index (Phi) is 6.15. The molecule has 0 unspecified atom stereocenters. The summed E-state index contributed by atoms with van der Waals surface area (Å²) in [6.45, 7) is 1.56. The number of piperidine rings is 1. The van der Waals surface area contributed by atoms with E-state index in [0.29, 0.717) is 29.8 Å². The lowest BCUT2D eigenvalue weighted by atomic mass is 9.87. The molecule has 0 aliphatic carbocycles. The second kappa shape index (κ2) is 9.16. The largest absolute Gasteiger partial charge is 0.329 e. The number of pyridine rings is 1. The third kappa shape index (κ3) is 4.64. The van der Waals surface area contributed by atoms with Crippen LogP contribution in [0, 0.1) is 11.6 Å². The standard InChI is InChI=1S/C24H24F4N6O2/c1-13(33-7-6-24(27,28)18(12-33)14-2-5-21(35)29-11-14)22(36)31-23-30-20-4-3-19(34(20)32-23)15-8-16(25)10-17(26)9-15/h2,5,8-11,13,18-19H,3-4,6-7,12H2,1H3,(H,29,35)(H,31,32,36)/t13-,18+,19-/m0/s1. The van der Waals surface area contributed by atoms with E-state index in [-0.39, 0.29) is 24.6 Å². The third-order valence-corrected chi connectivity index (χ3v) is 6.94. The number of likely N-dealkylation sites (tertiary alicyclic amines) is 1. The highest BCUT2D eigenvalue weighted by molar-refractivity contribution is 5.93. The Morgan fingerprint density at radius 2 is 1.94 bits per heavy atom. The first-order chi connectivity index (χ1) is 17.1. The fourth-order valence-electron chi connectivity index (χ4n) is 4.94. The molecule has 8 nitrogen and oxygen atoms in total. The molecule has 12 heteroatoms. The van der Waals surface area contributed by atoms with E-state index in [2.05, 4.69) is 20.4 Å². The number of aromatic amines is 1. The molecule has 0 spiro atoms. The van der Waals surface area contributed by atoms with Gasteiger partial charge in [-0.15, -0.1) is 5.10 Å². The molecule has 36 heavy (non-hydrogen) atoms. The van der Waals surface area contributed by atoms with Gasteiger partial charge in [0.05, 0.1) is 18.0 Å². The number of aryl methyl sites for hydroxylation is 1. The Morgan fingerprint density at radius 3 is 2.64 bits per heavy atom. The van der Waals surface area contributed by atoms with E-state index in [4.69, 9.17) is 0 Å².